The Morgan fingerprint density at radius 2 is 2.40 bits per heavy atom. The Morgan fingerprint density at radius 3 is 2.90 bits per heavy atom. The monoisotopic (exact) mass is 137 g/mol. The van der Waals surface area contributed by atoms with Crippen molar-refractivity contribution >= 4 is 0 Å². The van der Waals surface area contributed by atoms with Gasteiger partial charge in [-0.15, -0.1) is 0 Å². The van der Waals surface area contributed by atoms with Gasteiger partial charge in [0.05, 0.1) is 5.69 Å². The van der Waals surface area contributed by atoms with Crippen molar-refractivity contribution < 1.29 is 0 Å². The molecule has 0 aliphatic heterocycles. The van der Waals surface area contributed by atoms with Gasteiger partial charge < -0.3 is 5.73 Å². The summed E-state index contributed by atoms with van der Waals surface area (Å²) in [5, 5.41) is 0. The molecule has 10 heavy (non-hydrogen) atoms. The van der Waals surface area contributed by atoms with E-state index in [0.717, 1.165) is 12.1 Å². The summed E-state index contributed by atoms with van der Waals surface area (Å²) in [4.78, 5) is 8.00. The highest BCUT2D eigenvalue weighted by Crippen LogP contribution is 1.93. The van der Waals surface area contributed by atoms with E-state index in [4.69, 9.17) is 5.73 Å². The molecule has 0 fully saturated rings. The van der Waals surface area contributed by atoms with Crippen molar-refractivity contribution in [1.82, 2.24) is 9.97 Å². The fraction of sp³-hybridized carbons (Fsp3) is 0.429. The number of nitrogens with two attached hydrogens (primary N) is 1. The Morgan fingerprint density at radius 1 is 1.60 bits per heavy atom. The van der Waals surface area contributed by atoms with Crippen LogP contribution in [0.1, 0.15) is 12.6 Å². The minimum Gasteiger partial charge on any atom is -0.328 e. The van der Waals surface area contributed by atoms with Crippen LogP contribution in [0.3, 0.4) is 0 Å². The molecule has 1 rings (SSSR count). The van der Waals surface area contributed by atoms with Crippen molar-refractivity contribution in [3.05, 3.63) is 24.3 Å². The third-order valence-electron chi connectivity index (χ3n) is 1.15. The minimum atomic E-state index is 0.164. The maximum absolute atomic E-state index is 5.56. The third-order valence-corrected chi connectivity index (χ3v) is 1.15. The Labute approximate surface area is 60.3 Å². The van der Waals surface area contributed by atoms with Gasteiger partial charge in [-0.2, -0.15) is 0 Å². The molecule has 1 heterocycles. The molecular formula is C7H11N3. The van der Waals surface area contributed by atoms with Crippen LogP contribution < -0.4 is 5.73 Å². The zero-order valence-electron chi connectivity index (χ0n) is 5.99. The van der Waals surface area contributed by atoms with E-state index >= 15 is 0 Å². The summed E-state index contributed by atoms with van der Waals surface area (Å²) in [5.74, 6) is 0. The van der Waals surface area contributed by atoms with Gasteiger partial charge in [-0.25, -0.2) is 0 Å². The summed E-state index contributed by atoms with van der Waals surface area (Å²) >= 11 is 0. The van der Waals surface area contributed by atoms with Crippen LogP contribution in [0.5, 0.6) is 0 Å². The van der Waals surface area contributed by atoms with Crippen LogP contribution in [0.4, 0.5) is 0 Å². The topological polar surface area (TPSA) is 51.8 Å². The van der Waals surface area contributed by atoms with Crippen molar-refractivity contribution in [3.63, 3.8) is 0 Å². The van der Waals surface area contributed by atoms with E-state index in [9.17, 15) is 0 Å². The first kappa shape index (κ1) is 7.15. The summed E-state index contributed by atoms with van der Waals surface area (Å²) in [5.41, 5.74) is 6.51. The Hall–Kier alpha value is -0.960. The van der Waals surface area contributed by atoms with Crippen molar-refractivity contribution in [1.29, 1.82) is 0 Å². The van der Waals surface area contributed by atoms with E-state index in [0.29, 0.717) is 0 Å². The number of hydrogen-bond acceptors (Lipinski definition) is 3. The molecule has 0 aliphatic rings. The number of nitrogens with zero attached hydrogens (tertiary/aromatic N) is 2. The molecule has 54 valence electrons. The second-order valence-electron chi connectivity index (χ2n) is 2.38. The van der Waals surface area contributed by atoms with Gasteiger partial charge in [0.15, 0.2) is 0 Å². The van der Waals surface area contributed by atoms with E-state index in [-0.39, 0.29) is 6.04 Å². The summed E-state index contributed by atoms with van der Waals surface area (Å²) in [6, 6.07) is 0.164. The van der Waals surface area contributed by atoms with E-state index in [1.807, 2.05) is 6.92 Å². The predicted octanol–water partition coefficient (Wildman–Crippen LogP) is 0.366. The van der Waals surface area contributed by atoms with E-state index in [2.05, 4.69) is 9.97 Å². The molecule has 0 radical (unpaired) electrons. The molecule has 0 saturated heterocycles. The number of aromatic nitrogens is 2. The van der Waals surface area contributed by atoms with E-state index < -0.39 is 0 Å². The lowest BCUT2D eigenvalue weighted by molar-refractivity contribution is 0.718. The molecule has 1 aromatic rings. The van der Waals surface area contributed by atoms with Gasteiger partial charge in [-0.3, -0.25) is 9.97 Å². The third kappa shape index (κ3) is 2.11. The molecule has 0 aliphatic carbocycles. The van der Waals surface area contributed by atoms with Crippen LogP contribution in [-0.4, -0.2) is 16.0 Å². The normalized spacial score (nSPS) is 13.0. The molecule has 3 heteroatoms. The standard InChI is InChI=1S/C7H11N3/c1-6(8)4-7-5-9-2-3-10-7/h2-3,5-6H,4,8H2,1H3/t6-/m0/s1. The second kappa shape index (κ2) is 3.27. The molecule has 2 N–H and O–H groups in total. The summed E-state index contributed by atoms with van der Waals surface area (Å²) in [6.07, 6.45) is 5.87. The molecular weight excluding hydrogens is 126 g/mol. The van der Waals surface area contributed by atoms with Crippen LogP contribution in [0, 0.1) is 0 Å². The highest BCUT2D eigenvalue weighted by atomic mass is 14.8. The molecule has 0 amide bonds. The van der Waals surface area contributed by atoms with E-state index in [1.54, 1.807) is 18.6 Å². The maximum atomic E-state index is 5.56. The molecule has 0 aromatic carbocycles. The van der Waals surface area contributed by atoms with Crippen LogP contribution in [-0.2, 0) is 6.42 Å². The first-order chi connectivity index (χ1) is 4.79. The van der Waals surface area contributed by atoms with Gasteiger partial charge in [-0.05, 0) is 6.92 Å². The zero-order valence-corrected chi connectivity index (χ0v) is 5.99. The highest BCUT2D eigenvalue weighted by molar-refractivity contribution is 4.96. The van der Waals surface area contributed by atoms with Gasteiger partial charge in [0.25, 0.3) is 0 Å². The molecule has 0 unspecified atom stereocenters. The average Bonchev–Trinajstić information content (AvgIpc) is 1.88. The van der Waals surface area contributed by atoms with Crippen molar-refractivity contribution in [2.45, 2.75) is 19.4 Å². The summed E-state index contributed by atoms with van der Waals surface area (Å²) < 4.78 is 0. The van der Waals surface area contributed by atoms with Gasteiger partial charge in [0, 0.05) is 31.1 Å². The maximum Gasteiger partial charge on any atom is 0.0601 e. The average molecular weight is 137 g/mol. The molecule has 0 spiro atoms. The first-order valence-corrected chi connectivity index (χ1v) is 3.29. The van der Waals surface area contributed by atoms with Gasteiger partial charge in [0.2, 0.25) is 0 Å². The van der Waals surface area contributed by atoms with Crippen molar-refractivity contribution in [3.8, 4) is 0 Å². The van der Waals surface area contributed by atoms with Gasteiger partial charge in [-0.1, -0.05) is 0 Å². The largest absolute Gasteiger partial charge is 0.328 e. The molecule has 1 atom stereocenters. The second-order valence-corrected chi connectivity index (χ2v) is 2.38. The fourth-order valence-corrected chi connectivity index (χ4v) is 0.765. The van der Waals surface area contributed by atoms with E-state index in [1.165, 1.54) is 0 Å². The van der Waals surface area contributed by atoms with Gasteiger partial charge >= 0.3 is 0 Å². The smallest absolute Gasteiger partial charge is 0.0601 e. The first-order valence-electron chi connectivity index (χ1n) is 3.29. The Bertz CT molecular complexity index is 183. The zero-order chi connectivity index (χ0) is 7.40. The van der Waals surface area contributed by atoms with Crippen LogP contribution in [0.2, 0.25) is 0 Å². The Balaban J connectivity index is 2.59. The van der Waals surface area contributed by atoms with Crippen LogP contribution >= 0.6 is 0 Å². The molecule has 0 saturated carbocycles. The van der Waals surface area contributed by atoms with Crippen LogP contribution in [0.15, 0.2) is 18.6 Å². The summed E-state index contributed by atoms with van der Waals surface area (Å²) in [6.45, 7) is 1.95. The quantitative estimate of drug-likeness (QED) is 0.640. The molecule has 3 nitrogen and oxygen atoms in total. The fourth-order valence-electron chi connectivity index (χ4n) is 0.765. The number of rotatable bonds is 2. The predicted molar refractivity (Wildman–Crippen MR) is 39.4 cm³/mol. The van der Waals surface area contributed by atoms with Gasteiger partial charge in [0.1, 0.15) is 0 Å². The molecule has 0 bridgehead atoms. The van der Waals surface area contributed by atoms with Crippen molar-refractivity contribution in [2.24, 2.45) is 5.73 Å². The highest BCUT2D eigenvalue weighted by Gasteiger charge is 1.96. The molecule has 1 aromatic heterocycles. The lowest BCUT2D eigenvalue weighted by atomic mass is 10.2. The number of hydrogen-bond donors (Lipinski definition) is 1. The summed E-state index contributed by atoms with van der Waals surface area (Å²) in [7, 11) is 0. The Kier molecular flexibility index (Phi) is 2.34. The lowest BCUT2D eigenvalue weighted by Gasteiger charge is -2.01. The lowest BCUT2D eigenvalue weighted by Crippen LogP contribution is -2.18. The van der Waals surface area contributed by atoms with Crippen molar-refractivity contribution in [2.75, 3.05) is 0 Å². The van der Waals surface area contributed by atoms with Crippen LogP contribution in [0.25, 0.3) is 0 Å². The SMILES string of the molecule is C[C@H](N)Cc1cnccn1. The minimum absolute atomic E-state index is 0.164.